The van der Waals surface area contributed by atoms with E-state index in [1.54, 1.807) is 12.4 Å². The molecule has 0 aromatic carbocycles. The zero-order valence-corrected chi connectivity index (χ0v) is 9.84. The summed E-state index contributed by atoms with van der Waals surface area (Å²) >= 11 is 0. The van der Waals surface area contributed by atoms with Gasteiger partial charge in [0.2, 0.25) is 6.29 Å². The Balaban J connectivity index is 3.27. The molecule has 0 atom stereocenters. The van der Waals surface area contributed by atoms with Gasteiger partial charge in [0.15, 0.2) is 0 Å². The van der Waals surface area contributed by atoms with Gasteiger partial charge in [0, 0.05) is 13.2 Å². The lowest BCUT2D eigenvalue weighted by molar-refractivity contribution is -0.114. The van der Waals surface area contributed by atoms with Gasteiger partial charge in [-0.05, 0) is 18.2 Å². The summed E-state index contributed by atoms with van der Waals surface area (Å²) < 4.78 is 0. The minimum absolute atomic E-state index is 0.102. The van der Waals surface area contributed by atoms with Gasteiger partial charge in [0.05, 0.1) is 12.1 Å². The molecule has 18 heavy (non-hydrogen) atoms. The molecule has 1 radical (unpaired) electrons. The molecule has 1 aromatic heterocycles. The molecule has 0 fully saturated rings. The molecule has 1 aromatic rings. The van der Waals surface area contributed by atoms with Gasteiger partial charge in [-0.25, -0.2) is 4.98 Å². The number of anilines is 1. The van der Waals surface area contributed by atoms with E-state index in [2.05, 4.69) is 16.9 Å². The zero-order chi connectivity index (χ0) is 13.5. The molecule has 1 N–H and O–H groups in total. The van der Waals surface area contributed by atoms with Crippen molar-refractivity contribution in [2.45, 2.75) is 0 Å². The van der Waals surface area contributed by atoms with E-state index in [1.165, 1.54) is 19.3 Å². The number of pyridine rings is 1. The maximum absolute atomic E-state index is 11.6. The number of rotatable bonds is 5. The van der Waals surface area contributed by atoms with Crippen LogP contribution in [0.4, 0.5) is 5.82 Å². The fourth-order valence-corrected chi connectivity index (χ4v) is 1.36. The van der Waals surface area contributed by atoms with Gasteiger partial charge in [0.25, 0.3) is 11.8 Å². The third-order valence-corrected chi connectivity index (χ3v) is 2.18. The van der Waals surface area contributed by atoms with Crippen molar-refractivity contribution < 1.29 is 14.4 Å². The molecule has 6 nitrogen and oxygen atoms in total. The van der Waals surface area contributed by atoms with Crippen LogP contribution in [-0.4, -0.2) is 36.7 Å². The highest BCUT2D eigenvalue weighted by atomic mass is 16.2. The van der Waals surface area contributed by atoms with Crippen LogP contribution in [0, 0.1) is 0 Å². The van der Waals surface area contributed by atoms with Gasteiger partial charge in [-0.15, -0.1) is 0 Å². The first-order valence-electron chi connectivity index (χ1n) is 5.11. The van der Waals surface area contributed by atoms with Gasteiger partial charge in [0.1, 0.15) is 5.82 Å². The number of aromatic nitrogens is 1. The summed E-state index contributed by atoms with van der Waals surface area (Å²) in [7, 11) is 1.46. The van der Waals surface area contributed by atoms with Crippen LogP contribution in [0.2, 0.25) is 0 Å². The smallest absolute Gasteiger partial charge is 0.254 e. The van der Waals surface area contributed by atoms with Crippen molar-refractivity contribution in [3.05, 3.63) is 36.5 Å². The molecule has 0 saturated carbocycles. The van der Waals surface area contributed by atoms with E-state index in [9.17, 15) is 14.4 Å². The molecule has 0 bridgehead atoms. The fourth-order valence-electron chi connectivity index (χ4n) is 1.36. The number of hydrogen-bond donors (Lipinski definition) is 1. The monoisotopic (exact) mass is 246 g/mol. The van der Waals surface area contributed by atoms with Gasteiger partial charge in [-0.1, -0.05) is 6.58 Å². The largest absolute Gasteiger partial charge is 0.355 e. The van der Waals surface area contributed by atoms with Crippen molar-refractivity contribution in [1.82, 2.24) is 10.3 Å². The molecule has 0 saturated heterocycles. The molecule has 0 spiro atoms. The van der Waals surface area contributed by atoms with Crippen LogP contribution in [0.5, 0.6) is 0 Å². The molecule has 93 valence electrons. The van der Waals surface area contributed by atoms with Crippen LogP contribution >= 0.6 is 0 Å². The normalized spacial score (nSPS) is 9.39. The Labute approximate surface area is 104 Å². The fraction of sp³-hybridized carbons (Fsp3) is 0.167. The van der Waals surface area contributed by atoms with Gasteiger partial charge < -0.3 is 5.32 Å². The second-order valence-electron chi connectivity index (χ2n) is 3.23. The standard InChI is InChI=1S/C12H12N3O3/c1-3-10(17)15(7-8-16)11-9(12(18)13-2)5-4-6-14-11/h3-6H,1,7H2,2H3,(H,13,18). The lowest BCUT2D eigenvalue weighted by Crippen LogP contribution is -2.34. The molecule has 0 aliphatic carbocycles. The first kappa shape index (κ1) is 13.6. The number of hydrogen-bond acceptors (Lipinski definition) is 4. The quantitative estimate of drug-likeness (QED) is 0.746. The van der Waals surface area contributed by atoms with Crippen LogP contribution in [0.15, 0.2) is 31.0 Å². The van der Waals surface area contributed by atoms with Crippen molar-refractivity contribution in [2.24, 2.45) is 0 Å². The second kappa shape index (κ2) is 6.29. The number of amides is 2. The topological polar surface area (TPSA) is 79.4 Å². The van der Waals surface area contributed by atoms with Crippen molar-refractivity contribution >= 4 is 23.9 Å². The minimum Gasteiger partial charge on any atom is -0.355 e. The Morgan fingerprint density at radius 2 is 2.33 bits per heavy atom. The average Bonchev–Trinajstić information content (AvgIpc) is 2.43. The van der Waals surface area contributed by atoms with Gasteiger partial charge >= 0.3 is 0 Å². The minimum atomic E-state index is -0.526. The van der Waals surface area contributed by atoms with Crippen molar-refractivity contribution in [2.75, 3.05) is 18.5 Å². The lowest BCUT2D eigenvalue weighted by atomic mass is 10.2. The SMILES string of the molecule is C=CC(=O)N(C[C]=O)c1ncccc1C(=O)NC. The highest BCUT2D eigenvalue weighted by Crippen LogP contribution is 2.17. The first-order valence-corrected chi connectivity index (χ1v) is 5.11. The number of carbonyl (C=O) groups excluding carboxylic acids is 3. The first-order chi connectivity index (χ1) is 8.65. The maximum atomic E-state index is 11.6. The summed E-state index contributed by atoms with van der Waals surface area (Å²) in [6, 6.07) is 3.07. The summed E-state index contributed by atoms with van der Waals surface area (Å²) in [6.45, 7) is 3.02. The second-order valence-corrected chi connectivity index (χ2v) is 3.23. The molecule has 0 aliphatic heterocycles. The van der Waals surface area contributed by atoms with Crippen LogP contribution in [0.1, 0.15) is 10.4 Å². The van der Waals surface area contributed by atoms with E-state index in [-0.39, 0.29) is 17.9 Å². The Morgan fingerprint density at radius 1 is 1.61 bits per heavy atom. The van der Waals surface area contributed by atoms with E-state index in [0.717, 1.165) is 11.0 Å². The van der Waals surface area contributed by atoms with Gasteiger partial charge in [-0.2, -0.15) is 0 Å². The molecule has 1 heterocycles. The van der Waals surface area contributed by atoms with E-state index in [4.69, 9.17) is 0 Å². The van der Waals surface area contributed by atoms with Crippen LogP contribution < -0.4 is 10.2 Å². The van der Waals surface area contributed by atoms with Crippen molar-refractivity contribution in [1.29, 1.82) is 0 Å². The summed E-state index contributed by atoms with van der Waals surface area (Å²) in [6.07, 6.45) is 4.07. The molecule has 6 heteroatoms. The van der Waals surface area contributed by atoms with Crippen molar-refractivity contribution in [3.8, 4) is 0 Å². The Hall–Kier alpha value is -2.50. The highest BCUT2D eigenvalue weighted by molar-refractivity contribution is 6.07. The van der Waals surface area contributed by atoms with E-state index in [0.29, 0.717) is 0 Å². The van der Waals surface area contributed by atoms with E-state index >= 15 is 0 Å². The van der Waals surface area contributed by atoms with Crippen LogP contribution in [-0.2, 0) is 9.59 Å². The number of nitrogens with one attached hydrogen (secondary N) is 1. The van der Waals surface area contributed by atoms with Crippen molar-refractivity contribution in [3.63, 3.8) is 0 Å². The van der Waals surface area contributed by atoms with Crippen LogP contribution in [0.25, 0.3) is 0 Å². The molecule has 1 rings (SSSR count). The van der Waals surface area contributed by atoms with E-state index < -0.39 is 11.8 Å². The average molecular weight is 246 g/mol. The lowest BCUT2D eigenvalue weighted by Gasteiger charge is -2.19. The van der Waals surface area contributed by atoms with E-state index in [1.807, 2.05) is 0 Å². The summed E-state index contributed by atoms with van der Waals surface area (Å²) in [5, 5.41) is 2.43. The van der Waals surface area contributed by atoms with Gasteiger partial charge in [-0.3, -0.25) is 19.3 Å². The summed E-state index contributed by atoms with van der Waals surface area (Å²) in [5.74, 6) is -0.821. The Morgan fingerprint density at radius 3 is 2.89 bits per heavy atom. The molecular weight excluding hydrogens is 234 g/mol. The summed E-state index contributed by atoms with van der Waals surface area (Å²) in [4.78, 5) is 38.7. The van der Waals surface area contributed by atoms with Crippen LogP contribution in [0.3, 0.4) is 0 Å². The number of nitrogens with zero attached hydrogens (tertiary/aromatic N) is 2. The Kier molecular flexibility index (Phi) is 4.74. The molecule has 0 aliphatic rings. The number of carbonyl (C=O) groups is 2. The Bertz CT molecular complexity index is 485. The zero-order valence-electron chi connectivity index (χ0n) is 9.84. The maximum Gasteiger partial charge on any atom is 0.254 e. The predicted octanol–water partition coefficient (Wildman–Crippen LogP) is 0.0699. The molecular formula is C12H12N3O3. The third-order valence-electron chi connectivity index (χ3n) is 2.18. The molecule has 0 unspecified atom stereocenters. The summed E-state index contributed by atoms with van der Waals surface area (Å²) in [5.41, 5.74) is 0.199. The third kappa shape index (κ3) is 2.79. The molecule has 2 amide bonds. The predicted molar refractivity (Wildman–Crippen MR) is 65.9 cm³/mol. The highest BCUT2D eigenvalue weighted by Gasteiger charge is 2.20.